The fourth-order valence-electron chi connectivity index (χ4n) is 4.59. The molecule has 0 atom stereocenters. The number of nitrogens with zero attached hydrogens (tertiary/aromatic N) is 2. The van der Waals surface area contributed by atoms with Crippen LogP contribution in [0.2, 0.25) is 0 Å². The van der Waals surface area contributed by atoms with E-state index in [-0.39, 0.29) is 17.2 Å². The van der Waals surface area contributed by atoms with Crippen molar-refractivity contribution in [2.45, 2.75) is 13.8 Å². The minimum atomic E-state index is -0.634. The molecule has 1 aliphatic rings. The number of oxime groups is 1. The molecule has 0 bridgehead atoms. The van der Waals surface area contributed by atoms with Gasteiger partial charge in [-0.2, -0.15) is 0 Å². The van der Waals surface area contributed by atoms with Gasteiger partial charge in [-0.25, -0.2) is 4.79 Å². The molecule has 0 aliphatic heterocycles. The molecule has 0 aromatic heterocycles. The molecule has 196 valence electrons. The number of rotatable bonds is 7. The topological polar surface area (TPSA) is 116 Å². The summed E-state index contributed by atoms with van der Waals surface area (Å²) in [5.41, 5.74) is 6.17. The number of fused-ring (bicyclic) bond motifs is 3. The van der Waals surface area contributed by atoms with Crippen LogP contribution in [0.15, 0.2) is 96.2 Å². The SMILES string of the molecule is CC(=O)O/N=C(/C)C(=O)c1ccc2c(c1)/C(=C\c1ccc([N+](=O)[O-])cc1)c1cc(C(=O)c3ccccc3)ccc1-2. The van der Waals surface area contributed by atoms with Crippen LogP contribution >= 0.6 is 0 Å². The highest BCUT2D eigenvalue weighted by molar-refractivity contribution is 6.45. The Morgan fingerprint density at radius 3 is 1.95 bits per heavy atom. The van der Waals surface area contributed by atoms with Crippen molar-refractivity contribution in [2.75, 3.05) is 0 Å². The van der Waals surface area contributed by atoms with Crippen molar-refractivity contribution in [2.24, 2.45) is 5.16 Å². The first-order chi connectivity index (χ1) is 19.2. The van der Waals surface area contributed by atoms with Gasteiger partial charge >= 0.3 is 5.97 Å². The molecule has 4 aromatic carbocycles. The molecule has 0 saturated heterocycles. The molecule has 0 amide bonds. The van der Waals surface area contributed by atoms with Crippen LogP contribution in [-0.2, 0) is 9.63 Å². The Balaban J connectivity index is 1.63. The number of hydrogen-bond acceptors (Lipinski definition) is 7. The highest BCUT2D eigenvalue weighted by atomic mass is 16.7. The fraction of sp³-hybridized carbons (Fsp3) is 0.0625. The van der Waals surface area contributed by atoms with E-state index in [1.54, 1.807) is 42.5 Å². The van der Waals surface area contributed by atoms with Gasteiger partial charge < -0.3 is 4.84 Å². The normalized spacial score (nSPS) is 12.9. The number of hydrogen-bond donors (Lipinski definition) is 0. The minimum Gasteiger partial charge on any atom is -0.318 e. The van der Waals surface area contributed by atoms with Gasteiger partial charge in [-0.3, -0.25) is 19.7 Å². The molecular weight excluding hydrogens is 508 g/mol. The number of Topliss-reactive ketones (excluding diaryl/α,β-unsaturated/α-hetero) is 1. The Morgan fingerprint density at radius 1 is 0.750 bits per heavy atom. The van der Waals surface area contributed by atoms with Gasteiger partial charge in [-0.1, -0.05) is 59.8 Å². The van der Waals surface area contributed by atoms with E-state index in [9.17, 15) is 24.5 Å². The zero-order chi connectivity index (χ0) is 28.4. The van der Waals surface area contributed by atoms with Crippen molar-refractivity contribution in [1.29, 1.82) is 0 Å². The zero-order valence-corrected chi connectivity index (χ0v) is 21.6. The van der Waals surface area contributed by atoms with Gasteiger partial charge in [0.15, 0.2) is 5.78 Å². The Morgan fingerprint density at radius 2 is 1.35 bits per heavy atom. The largest absolute Gasteiger partial charge is 0.331 e. The predicted molar refractivity (Wildman–Crippen MR) is 151 cm³/mol. The van der Waals surface area contributed by atoms with Gasteiger partial charge in [0.2, 0.25) is 5.78 Å². The molecule has 0 heterocycles. The first kappa shape index (κ1) is 26.1. The van der Waals surface area contributed by atoms with Crippen molar-refractivity contribution >= 4 is 40.6 Å². The second-order valence-corrected chi connectivity index (χ2v) is 9.21. The predicted octanol–water partition coefficient (Wildman–Crippen LogP) is 6.52. The maximum atomic E-state index is 13.2. The van der Waals surface area contributed by atoms with Crippen LogP contribution in [0.25, 0.3) is 22.8 Å². The number of carbonyl (C=O) groups excluding carboxylic acids is 3. The molecule has 5 rings (SSSR count). The van der Waals surface area contributed by atoms with E-state index >= 15 is 0 Å². The maximum absolute atomic E-state index is 13.2. The molecule has 0 fully saturated rings. The van der Waals surface area contributed by atoms with E-state index in [0.29, 0.717) is 22.3 Å². The molecule has 4 aromatic rings. The van der Waals surface area contributed by atoms with E-state index in [4.69, 9.17) is 0 Å². The van der Waals surface area contributed by atoms with Gasteiger partial charge in [0.05, 0.1) is 4.92 Å². The average Bonchev–Trinajstić information content (AvgIpc) is 3.27. The lowest BCUT2D eigenvalue weighted by Crippen LogP contribution is -2.12. The van der Waals surface area contributed by atoms with Crippen molar-refractivity contribution in [3.05, 3.63) is 134 Å². The first-order valence-electron chi connectivity index (χ1n) is 12.3. The highest BCUT2D eigenvalue weighted by Gasteiger charge is 2.27. The molecule has 40 heavy (non-hydrogen) atoms. The van der Waals surface area contributed by atoms with Gasteiger partial charge in [0.25, 0.3) is 5.69 Å². The lowest BCUT2D eigenvalue weighted by molar-refractivity contribution is -0.384. The molecule has 1 aliphatic carbocycles. The average molecular weight is 531 g/mol. The number of carbonyl (C=O) groups is 3. The Kier molecular flexibility index (Phi) is 6.99. The second-order valence-electron chi connectivity index (χ2n) is 9.21. The summed E-state index contributed by atoms with van der Waals surface area (Å²) in [6, 6.07) is 25.9. The van der Waals surface area contributed by atoms with Crippen LogP contribution in [0.5, 0.6) is 0 Å². The summed E-state index contributed by atoms with van der Waals surface area (Å²) < 4.78 is 0. The summed E-state index contributed by atoms with van der Waals surface area (Å²) in [5, 5.41) is 14.7. The third-order valence-electron chi connectivity index (χ3n) is 6.52. The quantitative estimate of drug-likeness (QED) is 0.0778. The summed E-state index contributed by atoms with van der Waals surface area (Å²) in [6.07, 6.45) is 1.87. The van der Waals surface area contributed by atoms with E-state index in [1.165, 1.54) is 26.0 Å². The number of nitro groups is 1. The summed E-state index contributed by atoms with van der Waals surface area (Å²) in [7, 11) is 0. The third kappa shape index (κ3) is 5.10. The minimum absolute atomic E-state index is 0.0160. The van der Waals surface area contributed by atoms with Gasteiger partial charge in [-0.05, 0) is 70.7 Å². The van der Waals surface area contributed by atoms with Gasteiger partial charge in [0.1, 0.15) is 5.71 Å². The van der Waals surface area contributed by atoms with E-state index in [2.05, 4.69) is 9.99 Å². The maximum Gasteiger partial charge on any atom is 0.331 e. The standard InChI is InChI=1S/C32H22N2O6/c1-19(33-40-20(2)35)31(36)23-10-14-26-27-15-11-24(32(37)22-6-4-3-5-7-22)18-30(27)28(29(26)17-23)16-21-8-12-25(13-9-21)34(38)39/h3-18H,1-2H3/b28-16+,33-19-. The number of nitro benzene ring substituents is 1. The van der Waals surface area contributed by atoms with E-state index < -0.39 is 16.7 Å². The zero-order valence-electron chi connectivity index (χ0n) is 21.6. The van der Waals surface area contributed by atoms with Crippen LogP contribution in [-0.4, -0.2) is 28.2 Å². The van der Waals surface area contributed by atoms with Crippen LogP contribution in [0.1, 0.15) is 56.8 Å². The highest BCUT2D eigenvalue weighted by Crippen LogP contribution is 2.46. The molecule has 0 spiro atoms. The second kappa shape index (κ2) is 10.7. The smallest absolute Gasteiger partial charge is 0.318 e. The Labute approximate surface area is 229 Å². The summed E-state index contributed by atoms with van der Waals surface area (Å²) >= 11 is 0. The van der Waals surface area contributed by atoms with Gasteiger partial charge in [-0.15, -0.1) is 0 Å². The van der Waals surface area contributed by atoms with Crippen LogP contribution in [0, 0.1) is 10.1 Å². The monoisotopic (exact) mass is 530 g/mol. The summed E-state index contributed by atoms with van der Waals surface area (Å²) in [4.78, 5) is 52.7. The van der Waals surface area contributed by atoms with Crippen LogP contribution in [0.3, 0.4) is 0 Å². The third-order valence-corrected chi connectivity index (χ3v) is 6.52. The molecule has 0 saturated carbocycles. The number of benzene rings is 4. The van der Waals surface area contributed by atoms with Crippen molar-refractivity contribution in [1.82, 2.24) is 0 Å². The number of ketones is 2. The molecule has 0 N–H and O–H groups in total. The molecule has 8 heteroatoms. The molecule has 0 radical (unpaired) electrons. The lowest BCUT2D eigenvalue weighted by Gasteiger charge is -2.07. The molecule has 0 unspecified atom stereocenters. The summed E-state index contributed by atoms with van der Waals surface area (Å²) in [6.45, 7) is 2.66. The van der Waals surface area contributed by atoms with Crippen molar-refractivity contribution in [3.63, 3.8) is 0 Å². The van der Waals surface area contributed by atoms with Crippen LogP contribution in [0.4, 0.5) is 5.69 Å². The van der Waals surface area contributed by atoms with Crippen molar-refractivity contribution < 1.29 is 24.1 Å². The fourth-order valence-corrected chi connectivity index (χ4v) is 4.59. The Hall–Kier alpha value is -5.50. The Bertz CT molecular complexity index is 1750. The first-order valence-corrected chi connectivity index (χ1v) is 12.3. The van der Waals surface area contributed by atoms with E-state index in [0.717, 1.165) is 27.8 Å². The lowest BCUT2D eigenvalue weighted by atomic mass is 9.95. The van der Waals surface area contributed by atoms with Crippen LogP contribution < -0.4 is 0 Å². The molecule has 8 nitrogen and oxygen atoms in total. The number of non-ortho nitro benzene ring substituents is 1. The van der Waals surface area contributed by atoms with E-state index in [1.807, 2.05) is 42.5 Å². The van der Waals surface area contributed by atoms with Gasteiger partial charge in [0, 0.05) is 35.7 Å². The summed E-state index contributed by atoms with van der Waals surface area (Å²) in [5.74, 6) is -1.16. The molecular formula is C32H22N2O6. The van der Waals surface area contributed by atoms with Crippen molar-refractivity contribution in [3.8, 4) is 11.1 Å².